The van der Waals surface area contributed by atoms with E-state index in [9.17, 15) is 10.5 Å². The first-order chi connectivity index (χ1) is 15.2. The van der Waals surface area contributed by atoms with Crippen LogP contribution in [0.15, 0.2) is 58.5 Å². The average molecular weight is 398 g/mol. The first kappa shape index (κ1) is 18.4. The fourth-order valence-corrected chi connectivity index (χ4v) is 3.97. The van der Waals surface area contributed by atoms with Gasteiger partial charge in [-0.3, -0.25) is 0 Å². The summed E-state index contributed by atoms with van der Waals surface area (Å²) in [6.45, 7) is 5.41. The number of nitriles is 2. The van der Waals surface area contributed by atoms with Crippen molar-refractivity contribution in [1.82, 2.24) is 9.97 Å². The molecule has 0 atom stereocenters. The highest BCUT2D eigenvalue weighted by atomic mass is 15.0. The molecule has 6 heteroatoms. The van der Waals surface area contributed by atoms with E-state index in [1.165, 1.54) is 0 Å². The molecule has 0 aliphatic heterocycles. The maximum Gasteiger partial charge on any atom is 0.198 e. The van der Waals surface area contributed by atoms with Crippen LogP contribution in [0.2, 0.25) is 0 Å². The number of aromatic nitrogens is 2. The summed E-state index contributed by atoms with van der Waals surface area (Å²) in [5.41, 5.74) is 1.88. The predicted molar refractivity (Wildman–Crippen MR) is 125 cm³/mol. The Morgan fingerprint density at radius 1 is 0.806 bits per heavy atom. The number of aliphatic imine (C=N–C) groups is 2. The van der Waals surface area contributed by atoms with Gasteiger partial charge in [0, 0.05) is 17.0 Å². The summed E-state index contributed by atoms with van der Waals surface area (Å²) < 4.78 is 0. The number of benzene rings is 4. The van der Waals surface area contributed by atoms with Crippen LogP contribution in [-0.4, -0.2) is 22.9 Å². The number of hydrogen-bond acceptors (Lipinski definition) is 6. The Kier molecular flexibility index (Phi) is 4.13. The van der Waals surface area contributed by atoms with E-state index in [4.69, 9.17) is 9.97 Å². The van der Waals surface area contributed by atoms with Crippen molar-refractivity contribution in [2.24, 2.45) is 9.98 Å². The third-order valence-corrected chi connectivity index (χ3v) is 5.35. The molecule has 0 fully saturated rings. The van der Waals surface area contributed by atoms with Gasteiger partial charge in [-0.2, -0.15) is 10.5 Å². The highest BCUT2D eigenvalue weighted by Gasteiger charge is 2.17. The molecule has 1 heterocycles. The molecule has 0 amide bonds. The van der Waals surface area contributed by atoms with Crippen molar-refractivity contribution >= 4 is 67.9 Å². The van der Waals surface area contributed by atoms with Gasteiger partial charge in [-0.15, -0.1) is 0 Å². The lowest BCUT2D eigenvalue weighted by Crippen LogP contribution is -1.93. The van der Waals surface area contributed by atoms with Crippen LogP contribution in [0.25, 0.3) is 43.4 Å². The maximum absolute atomic E-state index is 9.58. The Bertz CT molecular complexity index is 1680. The lowest BCUT2D eigenvalue weighted by molar-refractivity contribution is 1.24. The van der Waals surface area contributed by atoms with E-state index in [0.29, 0.717) is 33.8 Å². The van der Waals surface area contributed by atoms with Crippen LogP contribution < -0.4 is 0 Å². The van der Waals surface area contributed by atoms with Crippen LogP contribution >= 0.6 is 0 Å². The molecule has 0 radical (unpaired) electrons. The first-order valence-corrected chi connectivity index (χ1v) is 9.58. The molecule has 0 N–H and O–H groups in total. The van der Waals surface area contributed by atoms with Gasteiger partial charge in [0.05, 0.1) is 22.2 Å². The van der Waals surface area contributed by atoms with Gasteiger partial charge in [-0.25, -0.2) is 20.0 Å². The standard InChI is InChI=1S/C25H14N6/c1-3-29-25-24(28-2)30-22-20-9-15-7-5-4-6-14(15)8-18(20)19-10-16(12-26)17(13-27)11-21(19)23(22)31-25/h3-11H,2H2,1H3/b29-3-. The molecule has 6 nitrogen and oxygen atoms in total. The summed E-state index contributed by atoms with van der Waals surface area (Å²) >= 11 is 0. The topological polar surface area (TPSA) is 98.1 Å². The van der Waals surface area contributed by atoms with E-state index in [1.807, 2.05) is 24.3 Å². The summed E-state index contributed by atoms with van der Waals surface area (Å²) in [5.74, 6) is 0.697. The number of hydrogen-bond donors (Lipinski definition) is 0. The SMILES string of the molecule is C=Nc1nc2c3cc4ccccc4cc3c3cc(C#N)c(C#N)cc3c2nc1/N=C\C. The highest BCUT2D eigenvalue weighted by Crippen LogP contribution is 2.39. The van der Waals surface area contributed by atoms with Gasteiger partial charge in [0.2, 0.25) is 0 Å². The second-order valence-corrected chi connectivity index (χ2v) is 7.03. The predicted octanol–water partition coefficient (Wildman–Crippen LogP) is 5.89. The molecule has 0 saturated heterocycles. The van der Waals surface area contributed by atoms with Crippen molar-refractivity contribution < 1.29 is 0 Å². The molecule has 31 heavy (non-hydrogen) atoms. The minimum absolute atomic E-state index is 0.296. The Balaban J connectivity index is 2.12. The van der Waals surface area contributed by atoms with Crippen molar-refractivity contribution in [2.75, 3.05) is 0 Å². The molecule has 0 unspecified atom stereocenters. The molecule has 4 aromatic carbocycles. The fourth-order valence-electron chi connectivity index (χ4n) is 3.97. The molecule has 0 aliphatic rings. The molecule has 0 spiro atoms. The first-order valence-electron chi connectivity index (χ1n) is 9.58. The summed E-state index contributed by atoms with van der Waals surface area (Å²) in [4.78, 5) is 17.8. The molecule has 0 bridgehead atoms. The Morgan fingerprint density at radius 2 is 1.32 bits per heavy atom. The van der Waals surface area contributed by atoms with E-state index in [-0.39, 0.29) is 0 Å². The van der Waals surface area contributed by atoms with E-state index in [1.54, 1.807) is 25.3 Å². The zero-order chi connectivity index (χ0) is 21.5. The van der Waals surface area contributed by atoms with Gasteiger partial charge in [0.1, 0.15) is 12.1 Å². The van der Waals surface area contributed by atoms with Gasteiger partial charge in [-0.1, -0.05) is 24.3 Å². The van der Waals surface area contributed by atoms with Crippen LogP contribution in [0, 0.1) is 22.7 Å². The summed E-state index contributed by atoms with van der Waals surface area (Å²) in [5, 5.41) is 24.7. The number of nitrogens with zero attached hydrogens (tertiary/aromatic N) is 6. The summed E-state index contributed by atoms with van der Waals surface area (Å²) in [6, 6.07) is 19.9. The van der Waals surface area contributed by atoms with Crippen LogP contribution in [0.5, 0.6) is 0 Å². The third kappa shape index (κ3) is 2.71. The normalized spacial score (nSPS) is 11.3. The number of fused-ring (bicyclic) bond motifs is 7. The molecule has 1 aromatic heterocycles. The van der Waals surface area contributed by atoms with Gasteiger partial charge >= 0.3 is 0 Å². The molecule has 5 aromatic rings. The highest BCUT2D eigenvalue weighted by molar-refractivity contribution is 6.26. The molecular weight excluding hydrogens is 384 g/mol. The minimum atomic E-state index is 0.296. The van der Waals surface area contributed by atoms with Crippen molar-refractivity contribution in [1.29, 1.82) is 10.5 Å². The van der Waals surface area contributed by atoms with Crippen LogP contribution in [0.3, 0.4) is 0 Å². The average Bonchev–Trinajstić information content (AvgIpc) is 2.82. The largest absolute Gasteiger partial charge is 0.242 e. The van der Waals surface area contributed by atoms with Gasteiger partial charge in [0.15, 0.2) is 11.6 Å². The van der Waals surface area contributed by atoms with E-state index >= 15 is 0 Å². The fraction of sp³-hybridized carbons (Fsp3) is 0.0400. The summed E-state index contributed by atoms with van der Waals surface area (Å²) in [7, 11) is 0. The molecule has 144 valence electrons. The lowest BCUT2D eigenvalue weighted by Gasteiger charge is -2.12. The lowest BCUT2D eigenvalue weighted by atomic mass is 9.93. The van der Waals surface area contributed by atoms with Crippen molar-refractivity contribution in [2.45, 2.75) is 6.92 Å². The Morgan fingerprint density at radius 3 is 1.90 bits per heavy atom. The van der Waals surface area contributed by atoms with E-state index in [2.05, 4.69) is 41.0 Å². The van der Waals surface area contributed by atoms with Crippen molar-refractivity contribution in [3.05, 3.63) is 59.7 Å². The number of rotatable bonds is 2. The molecule has 0 aliphatic carbocycles. The van der Waals surface area contributed by atoms with E-state index in [0.717, 1.165) is 32.3 Å². The second kappa shape index (κ2) is 6.98. The second-order valence-electron chi connectivity index (χ2n) is 7.03. The molecule has 0 saturated carbocycles. The zero-order valence-corrected chi connectivity index (χ0v) is 16.6. The maximum atomic E-state index is 9.58. The molecule has 5 rings (SSSR count). The summed E-state index contributed by atoms with van der Waals surface area (Å²) in [6.07, 6.45) is 1.62. The van der Waals surface area contributed by atoms with Crippen LogP contribution in [0.4, 0.5) is 11.6 Å². The third-order valence-electron chi connectivity index (χ3n) is 5.35. The quantitative estimate of drug-likeness (QED) is 0.210. The van der Waals surface area contributed by atoms with Gasteiger partial charge < -0.3 is 0 Å². The van der Waals surface area contributed by atoms with E-state index < -0.39 is 0 Å². The van der Waals surface area contributed by atoms with Crippen LogP contribution in [-0.2, 0) is 0 Å². The minimum Gasteiger partial charge on any atom is -0.242 e. The van der Waals surface area contributed by atoms with Gasteiger partial charge in [0.25, 0.3) is 0 Å². The van der Waals surface area contributed by atoms with Gasteiger partial charge in [-0.05, 0) is 59.5 Å². The monoisotopic (exact) mass is 398 g/mol. The Hall–Kier alpha value is -4.68. The van der Waals surface area contributed by atoms with Crippen molar-refractivity contribution in [3.8, 4) is 12.1 Å². The Labute approximate surface area is 177 Å². The van der Waals surface area contributed by atoms with Crippen molar-refractivity contribution in [3.63, 3.8) is 0 Å². The molecular formula is C25H14N6. The van der Waals surface area contributed by atoms with Crippen LogP contribution in [0.1, 0.15) is 18.1 Å². The zero-order valence-electron chi connectivity index (χ0n) is 16.6. The smallest absolute Gasteiger partial charge is 0.198 e.